The highest BCUT2D eigenvalue weighted by atomic mass is 15.1. The molecule has 1 aromatic heterocycles. The third-order valence-corrected chi connectivity index (χ3v) is 10.7. The Bertz CT molecular complexity index is 2670. The largest absolute Gasteiger partial charge is 0.296 e. The minimum absolute atomic E-state index is 0.0156. The molecule has 49 heavy (non-hydrogen) atoms. The van der Waals surface area contributed by atoms with Crippen molar-refractivity contribution in [1.29, 1.82) is 0 Å². The van der Waals surface area contributed by atoms with E-state index < -0.39 is 0 Å². The van der Waals surface area contributed by atoms with Crippen LogP contribution in [0.15, 0.2) is 149 Å². The van der Waals surface area contributed by atoms with Crippen molar-refractivity contribution in [2.45, 2.75) is 37.6 Å². The van der Waals surface area contributed by atoms with Crippen LogP contribution in [-0.4, -0.2) is 10.6 Å². The Labute approximate surface area is 285 Å². The average Bonchev–Trinajstić information content (AvgIpc) is 3.49. The number of hydrogen-bond donors (Lipinski definition) is 0. The van der Waals surface area contributed by atoms with Gasteiger partial charge in [-0.05, 0) is 92.9 Å². The Morgan fingerprint density at radius 1 is 0.673 bits per heavy atom. The van der Waals surface area contributed by atoms with Gasteiger partial charge in [-0.1, -0.05) is 127 Å². The summed E-state index contributed by atoms with van der Waals surface area (Å²) in [5.41, 5.74) is 13.6. The molecule has 234 valence electrons. The topological polar surface area (TPSA) is 29.6 Å². The van der Waals surface area contributed by atoms with E-state index in [-0.39, 0.29) is 6.04 Å². The molecule has 6 aromatic rings. The van der Waals surface area contributed by atoms with Crippen LogP contribution in [0.3, 0.4) is 0 Å². The number of fused-ring (bicyclic) bond motifs is 6. The zero-order chi connectivity index (χ0) is 32.3. The lowest BCUT2D eigenvalue weighted by Gasteiger charge is -2.24. The maximum absolute atomic E-state index is 5.49. The molecular weight excluding hydrogens is 595 g/mol. The van der Waals surface area contributed by atoms with E-state index in [1.807, 2.05) is 0 Å². The van der Waals surface area contributed by atoms with Gasteiger partial charge < -0.3 is 0 Å². The number of rotatable bonds is 4. The number of hydrogen-bond acceptors (Lipinski definition) is 2. The van der Waals surface area contributed by atoms with E-state index in [0.717, 1.165) is 42.2 Å². The fourth-order valence-corrected chi connectivity index (χ4v) is 8.19. The second kappa shape index (κ2) is 11.4. The lowest BCUT2D eigenvalue weighted by molar-refractivity contribution is 0.713. The lowest BCUT2D eigenvalue weighted by Crippen LogP contribution is -2.36. The Morgan fingerprint density at radius 3 is 2.41 bits per heavy atom. The van der Waals surface area contributed by atoms with Crippen LogP contribution in [-0.2, 0) is 6.42 Å². The minimum atomic E-state index is -0.0156. The van der Waals surface area contributed by atoms with Crippen LogP contribution in [0, 0.1) is 0 Å². The molecule has 0 spiro atoms. The van der Waals surface area contributed by atoms with Crippen LogP contribution in [0.1, 0.15) is 47.4 Å². The molecule has 10 rings (SSSR count). The Hall–Kier alpha value is -5.80. The van der Waals surface area contributed by atoms with Gasteiger partial charge in [-0.15, -0.1) is 0 Å². The molecule has 3 heteroatoms. The molecule has 1 aliphatic heterocycles. The van der Waals surface area contributed by atoms with Gasteiger partial charge in [0.15, 0.2) is 5.49 Å². The molecule has 0 saturated carbocycles. The third kappa shape index (κ3) is 4.88. The maximum Gasteiger partial charge on any atom is 0.164 e. The molecule has 0 N–H and O–H groups in total. The molecule has 3 aliphatic carbocycles. The van der Waals surface area contributed by atoms with Crippen molar-refractivity contribution in [2.75, 3.05) is 0 Å². The minimum Gasteiger partial charge on any atom is -0.296 e. The predicted molar refractivity (Wildman–Crippen MR) is 202 cm³/mol. The fourth-order valence-electron chi connectivity index (χ4n) is 8.19. The molecule has 4 aliphatic rings. The van der Waals surface area contributed by atoms with Crippen LogP contribution in [0.25, 0.3) is 51.5 Å². The van der Waals surface area contributed by atoms with Crippen LogP contribution in [0.5, 0.6) is 0 Å². The van der Waals surface area contributed by atoms with Gasteiger partial charge in [-0.3, -0.25) is 9.56 Å². The summed E-state index contributed by atoms with van der Waals surface area (Å²) in [7, 11) is 0. The van der Waals surface area contributed by atoms with E-state index in [0.29, 0.717) is 5.92 Å². The second-order valence-electron chi connectivity index (χ2n) is 13.7. The zero-order valence-corrected chi connectivity index (χ0v) is 27.3. The van der Waals surface area contributed by atoms with Gasteiger partial charge in [-0.2, -0.15) is 0 Å². The highest BCUT2D eigenvalue weighted by Gasteiger charge is 2.26. The molecule has 0 saturated heterocycles. The van der Waals surface area contributed by atoms with Crippen LogP contribution in [0.2, 0.25) is 0 Å². The summed E-state index contributed by atoms with van der Waals surface area (Å²) in [4.78, 5) is 10.9. The molecule has 0 fully saturated rings. The van der Waals surface area contributed by atoms with Gasteiger partial charge in [0.25, 0.3) is 0 Å². The summed E-state index contributed by atoms with van der Waals surface area (Å²) < 4.78 is 2.37. The van der Waals surface area contributed by atoms with Crippen molar-refractivity contribution in [3.63, 3.8) is 0 Å². The molecule has 0 bridgehead atoms. The number of aryl methyl sites for hydroxylation is 1. The number of aromatic nitrogens is 1. The fraction of sp³-hybridized carbons (Fsp3) is 0.130. The average molecular weight is 630 g/mol. The SMILES string of the molecule is C1=C(c2cc(-c3ccccc3)cc(C3C=c4ccccc4=CC3)c2)CC2N=c3c(n(C4=Cc5ccccc5CC4)c4ccccc34)=NC2=C1. The third-order valence-electron chi connectivity index (χ3n) is 10.7. The number of nitrogens with zero attached hydrogens (tertiary/aromatic N) is 3. The van der Waals surface area contributed by atoms with Crippen molar-refractivity contribution in [3.05, 3.63) is 183 Å². The summed E-state index contributed by atoms with van der Waals surface area (Å²) >= 11 is 0. The van der Waals surface area contributed by atoms with Crippen LogP contribution in [0.4, 0.5) is 0 Å². The molecule has 0 radical (unpaired) electrons. The summed E-state index contributed by atoms with van der Waals surface area (Å²) in [5.74, 6) is 0.330. The molecule has 2 atom stereocenters. The summed E-state index contributed by atoms with van der Waals surface area (Å²) in [6, 6.07) is 44.1. The van der Waals surface area contributed by atoms with E-state index in [1.165, 1.54) is 66.0 Å². The first-order chi connectivity index (χ1) is 24.2. The molecule has 0 amide bonds. The van der Waals surface area contributed by atoms with Gasteiger partial charge in [0.05, 0.1) is 17.3 Å². The quantitative estimate of drug-likeness (QED) is 0.189. The van der Waals surface area contributed by atoms with Crippen molar-refractivity contribution < 1.29 is 0 Å². The smallest absolute Gasteiger partial charge is 0.164 e. The van der Waals surface area contributed by atoms with E-state index in [2.05, 4.69) is 156 Å². The summed E-state index contributed by atoms with van der Waals surface area (Å²) in [6.45, 7) is 0. The predicted octanol–water partition coefficient (Wildman–Crippen LogP) is 7.99. The number of allylic oxidation sites excluding steroid dienone is 3. The molecular formula is C46H35N3. The van der Waals surface area contributed by atoms with E-state index in [9.17, 15) is 0 Å². The normalized spacial score (nSPS) is 18.9. The van der Waals surface area contributed by atoms with Gasteiger partial charge in [0, 0.05) is 23.4 Å². The van der Waals surface area contributed by atoms with Gasteiger partial charge in [0.2, 0.25) is 0 Å². The van der Waals surface area contributed by atoms with Gasteiger partial charge >= 0.3 is 0 Å². The zero-order valence-electron chi connectivity index (χ0n) is 27.3. The lowest BCUT2D eigenvalue weighted by atomic mass is 9.84. The Kier molecular flexibility index (Phi) is 6.58. The first-order valence-electron chi connectivity index (χ1n) is 17.5. The number of benzene rings is 5. The van der Waals surface area contributed by atoms with Crippen LogP contribution < -0.4 is 21.3 Å². The van der Waals surface area contributed by atoms with E-state index in [4.69, 9.17) is 9.98 Å². The van der Waals surface area contributed by atoms with Crippen molar-refractivity contribution >= 4 is 40.4 Å². The first-order valence-corrected chi connectivity index (χ1v) is 17.5. The first kappa shape index (κ1) is 28.2. The Morgan fingerprint density at radius 2 is 1.47 bits per heavy atom. The second-order valence-corrected chi connectivity index (χ2v) is 13.7. The summed E-state index contributed by atoms with van der Waals surface area (Å²) in [5, 5.41) is 4.84. The van der Waals surface area contributed by atoms with Crippen molar-refractivity contribution in [3.8, 4) is 11.1 Å². The molecule has 5 aromatic carbocycles. The van der Waals surface area contributed by atoms with Gasteiger partial charge in [0.1, 0.15) is 5.36 Å². The van der Waals surface area contributed by atoms with Crippen molar-refractivity contribution in [1.82, 2.24) is 4.57 Å². The standard InChI is InChI=1S/C46H35N3/c1-2-10-30(11-3-1)37-25-38(35-19-18-31-12-4-6-14-33(31)24-35)27-39(26-37)36-21-23-42-43(29-36)47-45-41-16-8-9-17-44(41)49(46(45)48-42)40-22-20-32-13-5-7-15-34(32)28-40/h1-18,21,23-28,35,43H,19-20,22,29H2. The monoisotopic (exact) mass is 629 g/mol. The molecule has 2 heterocycles. The summed E-state index contributed by atoms with van der Waals surface area (Å²) in [6.07, 6.45) is 15.5. The van der Waals surface area contributed by atoms with E-state index >= 15 is 0 Å². The van der Waals surface area contributed by atoms with Crippen molar-refractivity contribution in [2.24, 2.45) is 9.98 Å². The molecule has 2 unspecified atom stereocenters. The highest BCUT2D eigenvalue weighted by Crippen LogP contribution is 2.36. The molecule has 3 nitrogen and oxygen atoms in total. The Balaban J connectivity index is 1.08. The van der Waals surface area contributed by atoms with Crippen LogP contribution >= 0.6 is 0 Å². The van der Waals surface area contributed by atoms with E-state index in [1.54, 1.807) is 0 Å². The maximum atomic E-state index is 5.49. The van der Waals surface area contributed by atoms with Gasteiger partial charge in [-0.25, -0.2) is 4.99 Å². The number of para-hydroxylation sites is 1. The highest BCUT2D eigenvalue weighted by molar-refractivity contribution is 5.87.